The van der Waals surface area contributed by atoms with E-state index in [0.717, 1.165) is 64.7 Å². The number of aryl methyl sites for hydroxylation is 1. The number of rotatable bonds is 15. The summed E-state index contributed by atoms with van der Waals surface area (Å²) in [4.78, 5) is 33.6. The number of nitrogens with zero attached hydrogens (tertiary/aromatic N) is 2. The van der Waals surface area contributed by atoms with Crippen LogP contribution in [0.1, 0.15) is 128 Å². The zero-order valence-electron chi connectivity index (χ0n) is 31.1. The van der Waals surface area contributed by atoms with Crippen molar-refractivity contribution in [3.63, 3.8) is 0 Å². The zero-order chi connectivity index (χ0) is 36.6. The van der Waals surface area contributed by atoms with Gasteiger partial charge >= 0.3 is 5.97 Å². The van der Waals surface area contributed by atoms with Gasteiger partial charge in [-0.15, -0.1) is 11.8 Å². The molecule has 7 rings (SSSR count). The van der Waals surface area contributed by atoms with Crippen LogP contribution in [0.5, 0.6) is 0 Å². The number of ether oxygens (including phenoxy) is 1. The summed E-state index contributed by atoms with van der Waals surface area (Å²) < 4.78 is 6.44. The van der Waals surface area contributed by atoms with Crippen LogP contribution in [0.3, 0.4) is 0 Å². The summed E-state index contributed by atoms with van der Waals surface area (Å²) in [6.45, 7) is 2.08. The van der Waals surface area contributed by atoms with Gasteiger partial charge in [-0.3, -0.25) is 14.5 Å². The van der Waals surface area contributed by atoms with Crippen molar-refractivity contribution in [2.45, 2.75) is 120 Å². The van der Waals surface area contributed by atoms with E-state index in [2.05, 4.69) is 47.4 Å². The number of halogens is 1. The molecule has 1 heterocycles. The number of thioether (sulfide) groups is 1. The van der Waals surface area contributed by atoms with Gasteiger partial charge in [0.2, 0.25) is 0 Å². The molecular formula is C46H53ClN2O3S. The average Bonchev–Trinajstić information content (AvgIpc) is 3.95. The van der Waals surface area contributed by atoms with E-state index in [1.165, 1.54) is 69.8 Å². The molecule has 1 unspecified atom stereocenters. The lowest BCUT2D eigenvalue weighted by Crippen LogP contribution is -2.48. The molecule has 0 aliphatic heterocycles. The molecule has 1 aromatic heterocycles. The fourth-order valence-electron chi connectivity index (χ4n) is 8.43. The quantitative estimate of drug-likeness (QED) is 0.0891. The molecule has 3 saturated carbocycles. The maximum atomic E-state index is 13.7. The Labute approximate surface area is 324 Å². The lowest BCUT2D eigenvalue weighted by molar-refractivity contribution is -0.153. The standard InChI is InChI=1S/C46H53ClN2O3S/c1-33(50)42-18-9-8-12-35(42)22-26-44(37-13-10-11-34(29-37)19-24-39-25-21-36-20-23-38(47)30-43(36)48-39)53-32-46(27-28-46)52-45(51)31-49(40-14-4-2-5-15-40)41-16-6-3-7-17-41/h8-13,18-21,23-25,29-30,40-41,44H,2-7,14-17,22,26-28,31-32H2,1H3/b24-19+. The van der Waals surface area contributed by atoms with E-state index in [-0.39, 0.29) is 22.6 Å². The van der Waals surface area contributed by atoms with Crippen LogP contribution in [0.4, 0.5) is 0 Å². The van der Waals surface area contributed by atoms with Crippen molar-refractivity contribution in [2.24, 2.45) is 0 Å². The molecule has 0 radical (unpaired) electrons. The number of Topliss-reactive ketones (excluding diaryl/α,β-unsaturated/α-hetero) is 1. The Bertz CT molecular complexity index is 1890. The fraction of sp³-hybridized carbons (Fsp3) is 0.457. The predicted molar refractivity (Wildman–Crippen MR) is 221 cm³/mol. The highest BCUT2D eigenvalue weighted by molar-refractivity contribution is 7.99. The van der Waals surface area contributed by atoms with Crippen LogP contribution in [0.25, 0.3) is 23.1 Å². The van der Waals surface area contributed by atoms with Gasteiger partial charge in [-0.2, -0.15) is 0 Å². The lowest BCUT2D eigenvalue weighted by Gasteiger charge is -2.41. The minimum Gasteiger partial charge on any atom is -0.457 e. The minimum absolute atomic E-state index is 0.0390. The molecule has 0 bridgehead atoms. The Morgan fingerprint density at radius 3 is 2.32 bits per heavy atom. The number of pyridine rings is 1. The SMILES string of the molecule is CC(=O)c1ccccc1CCC(SCC1(OC(=O)CN(C2CCCCC2)C2CCCCC2)CC1)c1cccc(/C=C/c2ccc3ccc(Cl)cc3n2)c1. The third-order valence-corrected chi connectivity index (χ3v) is 13.4. The second kappa shape index (κ2) is 17.8. The van der Waals surface area contributed by atoms with Gasteiger partial charge in [-0.25, -0.2) is 4.98 Å². The van der Waals surface area contributed by atoms with Crippen molar-refractivity contribution >= 4 is 58.2 Å². The fourth-order valence-corrected chi connectivity index (χ4v) is 10.1. The van der Waals surface area contributed by atoms with E-state index in [1.54, 1.807) is 6.92 Å². The molecule has 53 heavy (non-hydrogen) atoms. The first-order valence-electron chi connectivity index (χ1n) is 19.9. The highest BCUT2D eigenvalue weighted by Crippen LogP contribution is 2.47. The molecule has 1 atom stereocenters. The number of benzene rings is 3. The summed E-state index contributed by atoms with van der Waals surface area (Å²) in [5.41, 5.74) is 5.58. The van der Waals surface area contributed by atoms with Crippen molar-refractivity contribution < 1.29 is 14.3 Å². The molecule has 0 amide bonds. The topological polar surface area (TPSA) is 59.5 Å². The van der Waals surface area contributed by atoms with Crippen molar-refractivity contribution in [1.29, 1.82) is 0 Å². The summed E-state index contributed by atoms with van der Waals surface area (Å²) in [5.74, 6) is 0.831. The van der Waals surface area contributed by atoms with Crippen LogP contribution < -0.4 is 0 Å². The second-order valence-corrected chi connectivity index (χ2v) is 17.2. The van der Waals surface area contributed by atoms with Gasteiger partial charge in [0, 0.05) is 39.1 Å². The summed E-state index contributed by atoms with van der Waals surface area (Å²) in [5, 5.41) is 1.91. The van der Waals surface area contributed by atoms with Crippen molar-refractivity contribution in [1.82, 2.24) is 9.88 Å². The highest BCUT2D eigenvalue weighted by atomic mass is 35.5. The molecule has 7 heteroatoms. The molecule has 3 aliphatic carbocycles. The molecule has 4 aromatic rings. The van der Waals surface area contributed by atoms with Gasteiger partial charge in [0.05, 0.1) is 17.8 Å². The predicted octanol–water partition coefficient (Wildman–Crippen LogP) is 11.7. The first-order chi connectivity index (χ1) is 25.8. The van der Waals surface area contributed by atoms with Gasteiger partial charge in [-0.05, 0) is 99.3 Å². The van der Waals surface area contributed by atoms with Crippen LogP contribution in [-0.2, 0) is 16.0 Å². The molecular weight excluding hydrogens is 696 g/mol. The largest absolute Gasteiger partial charge is 0.457 e. The summed E-state index contributed by atoms with van der Waals surface area (Å²) >= 11 is 8.13. The molecule has 5 nitrogen and oxygen atoms in total. The van der Waals surface area contributed by atoms with Gasteiger partial charge in [-0.1, -0.05) is 117 Å². The first kappa shape index (κ1) is 37.8. The maximum Gasteiger partial charge on any atom is 0.320 e. The van der Waals surface area contributed by atoms with Crippen molar-refractivity contribution in [3.8, 4) is 0 Å². The van der Waals surface area contributed by atoms with Crippen LogP contribution in [0.2, 0.25) is 5.02 Å². The number of carbonyl (C=O) groups is 2. The van der Waals surface area contributed by atoms with Gasteiger partial charge < -0.3 is 4.74 Å². The van der Waals surface area contributed by atoms with Gasteiger partial charge in [0.25, 0.3) is 0 Å². The molecule has 0 spiro atoms. The van der Waals surface area contributed by atoms with E-state index in [4.69, 9.17) is 21.3 Å². The van der Waals surface area contributed by atoms with Gasteiger partial charge in [0.1, 0.15) is 5.60 Å². The van der Waals surface area contributed by atoms with Crippen molar-refractivity contribution in [2.75, 3.05) is 12.3 Å². The third kappa shape index (κ3) is 10.2. The van der Waals surface area contributed by atoms with Crippen LogP contribution in [0.15, 0.2) is 78.9 Å². The lowest BCUT2D eigenvalue weighted by atomic mass is 9.88. The normalized spacial score (nSPS) is 18.4. The Hall–Kier alpha value is -3.45. The van der Waals surface area contributed by atoms with Crippen molar-refractivity contribution in [3.05, 3.63) is 112 Å². The van der Waals surface area contributed by atoms with Crippen LogP contribution in [0, 0.1) is 0 Å². The molecule has 0 saturated heterocycles. The molecule has 3 aliphatic rings. The number of hydrogen-bond acceptors (Lipinski definition) is 6. The minimum atomic E-state index is -0.385. The summed E-state index contributed by atoms with van der Waals surface area (Å²) in [6.07, 6.45) is 20.2. The number of ketones is 1. The molecule has 3 aromatic carbocycles. The maximum absolute atomic E-state index is 13.7. The van der Waals surface area contributed by atoms with E-state index < -0.39 is 0 Å². The van der Waals surface area contributed by atoms with Crippen LogP contribution >= 0.6 is 23.4 Å². The zero-order valence-corrected chi connectivity index (χ0v) is 32.7. The number of fused-ring (bicyclic) bond motifs is 1. The number of hydrogen-bond donors (Lipinski definition) is 0. The van der Waals surface area contributed by atoms with E-state index in [9.17, 15) is 9.59 Å². The molecule has 0 N–H and O–H groups in total. The first-order valence-corrected chi connectivity index (χ1v) is 21.3. The van der Waals surface area contributed by atoms with Gasteiger partial charge in [0.15, 0.2) is 5.78 Å². The monoisotopic (exact) mass is 748 g/mol. The Balaban J connectivity index is 1.06. The Morgan fingerprint density at radius 1 is 0.887 bits per heavy atom. The Kier molecular flexibility index (Phi) is 12.7. The summed E-state index contributed by atoms with van der Waals surface area (Å²) in [6, 6.07) is 27.6. The van der Waals surface area contributed by atoms with Crippen LogP contribution in [-0.4, -0.2) is 51.6 Å². The average molecular weight is 749 g/mol. The van der Waals surface area contributed by atoms with E-state index >= 15 is 0 Å². The Morgan fingerprint density at radius 2 is 1.60 bits per heavy atom. The number of carbonyl (C=O) groups excluding carboxylic acids is 2. The third-order valence-electron chi connectivity index (χ3n) is 11.6. The molecule has 278 valence electrons. The second-order valence-electron chi connectivity index (χ2n) is 15.5. The number of aromatic nitrogens is 1. The van der Waals surface area contributed by atoms with E-state index in [0.29, 0.717) is 23.7 Å². The highest BCUT2D eigenvalue weighted by Gasteiger charge is 2.47. The summed E-state index contributed by atoms with van der Waals surface area (Å²) in [7, 11) is 0. The number of esters is 1. The van der Waals surface area contributed by atoms with E-state index in [1.807, 2.05) is 60.3 Å². The molecule has 3 fully saturated rings. The smallest absolute Gasteiger partial charge is 0.320 e.